The van der Waals surface area contributed by atoms with Gasteiger partial charge in [0.15, 0.2) is 0 Å². The van der Waals surface area contributed by atoms with E-state index in [0.717, 1.165) is 32.1 Å². The molecule has 112 valence electrons. The van der Waals surface area contributed by atoms with Gasteiger partial charge in [0.2, 0.25) is 0 Å². The van der Waals surface area contributed by atoms with Crippen LogP contribution in [0.3, 0.4) is 0 Å². The van der Waals surface area contributed by atoms with Crippen LogP contribution in [-0.2, 0) is 0 Å². The SMILES string of the molecule is CCCCC(CCC)NC(=O)c1ccc(N)c(OC)c1. The van der Waals surface area contributed by atoms with Gasteiger partial charge in [-0.15, -0.1) is 0 Å². The van der Waals surface area contributed by atoms with Gasteiger partial charge >= 0.3 is 0 Å². The van der Waals surface area contributed by atoms with Gasteiger partial charge in [-0.1, -0.05) is 33.1 Å². The molecule has 20 heavy (non-hydrogen) atoms. The van der Waals surface area contributed by atoms with E-state index in [4.69, 9.17) is 10.5 Å². The molecule has 3 N–H and O–H groups in total. The molecule has 0 aromatic heterocycles. The molecule has 0 aliphatic rings. The number of ether oxygens (including phenoxy) is 1. The molecule has 1 aromatic carbocycles. The molecule has 0 aliphatic carbocycles. The minimum Gasteiger partial charge on any atom is -0.495 e. The van der Waals surface area contributed by atoms with Gasteiger partial charge < -0.3 is 15.8 Å². The Balaban J connectivity index is 2.72. The van der Waals surface area contributed by atoms with Gasteiger partial charge in [0, 0.05) is 11.6 Å². The first-order valence-corrected chi connectivity index (χ1v) is 7.36. The molecule has 0 saturated carbocycles. The largest absolute Gasteiger partial charge is 0.495 e. The van der Waals surface area contributed by atoms with E-state index in [1.165, 1.54) is 0 Å². The molecule has 4 nitrogen and oxygen atoms in total. The fraction of sp³-hybridized carbons (Fsp3) is 0.562. The molecule has 0 radical (unpaired) electrons. The van der Waals surface area contributed by atoms with Gasteiger partial charge in [-0.25, -0.2) is 0 Å². The third kappa shape index (κ3) is 4.76. The number of nitrogens with one attached hydrogen (secondary N) is 1. The van der Waals surface area contributed by atoms with Gasteiger partial charge in [0.25, 0.3) is 5.91 Å². The number of unbranched alkanes of at least 4 members (excludes halogenated alkanes) is 1. The van der Waals surface area contributed by atoms with E-state index in [1.54, 1.807) is 25.3 Å². The Kier molecular flexibility index (Phi) is 6.91. The molecule has 1 unspecified atom stereocenters. The lowest BCUT2D eigenvalue weighted by molar-refractivity contribution is 0.0932. The van der Waals surface area contributed by atoms with Crippen LogP contribution in [0, 0.1) is 0 Å². The van der Waals surface area contributed by atoms with E-state index < -0.39 is 0 Å². The first kappa shape index (κ1) is 16.3. The van der Waals surface area contributed by atoms with Crippen LogP contribution in [0.2, 0.25) is 0 Å². The molecule has 0 fully saturated rings. The second-order valence-corrected chi connectivity index (χ2v) is 5.06. The second-order valence-electron chi connectivity index (χ2n) is 5.06. The smallest absolute Gasteiger partial charge is 0.251 e. The number of anilines is 1. The van der Waals surface area contributed by atoms with Crippen molar-refractivity contribution in [2.24, 2.45) is 0 Å². The fourth-order valence-electron chi connectivity index (χ4n) is 2.21. The average molecular weight is 278 g/mol. The van der Waals surface area contributed by atoms with E-state index in [2.05, 4.69) is 19.2 Å². The molecule has 1 rings (SSSR count). The Morgan fingerprint density at radius 1 is 1.30 bits per heavy atom. The van der Waals surface area contributed by atoms with Crippen LogP contribution in [0.25, 0.3) is 0 Å². The Bertz CT molecular complexity index is 432. The van der Waals surface area contributed by atoms with Crippen LogP contribution >= 0.6 is 0 Å². The van der Waals surface area contributed by atoms with Crippen molar-refractivity contribution in [1.29, 1.82) is 0 Å². The van der Waals surface area contributed by atoms with Crippen molar-refractivity contribution in [3.63, 3.8) is 0 Å². The van der Waals surface area contributed by atoms with Crippen molar-refractivity contribution in [2.75, 3.05) is 12.8 Å². The van der Waals surface area contributed by atoms with E-state index >= 15 is 0 Å². The van der Waals surface area contributed by atoms with Crippen molar-refractivity contribution in [3.8, 4) is 5.75 Å². The van der Waals surface area contributed by atoms with Crippen molar-refractivity contribution in [3.05, 3.63) is 23.8 Å². The molecule has 0 aliphatic heterocycles. The summed E-state index contributed by atoms with van der Waals surface area (Å²) in [6.45, 7) is 4.30. The van der Waals surface area contributed by atoms with Gasteiger partial charge in [-0.3, -0.25) is 4.79 Å². The van der Waals surface area contributed by atoms with Gasteiger partial charge in [0.05, 0.1) is 12.8 Å². The molecule has 0 spiro atoms. The highest BCUT2D eigenvalue weighted by atomic mass is 16.5. The lowest BCUT2D eigenvalue weighted by atomic mass is 10.0. The zero-order chi connectivity index (χ0) is 15.0. The van der Waals surface area contributed by atoms with Gasteiger partial charge in [0.1, 0.15) is 5.75 Å². The number of nitrogen functional groups attached to an aromatic ring is 1. The molecule has 0 heterocycles. The number of rotatable bonds is 8. The summed E-state index contributed by atoms with van der Waals surface area (Å²) in [7, 11) is 1.55. The highest BCUT2D eigenvalue weighted by molar-refractivity contribution is 5.95. The maximum Gasteiger partial charge on any atom is 0.251 e. The van der Waals surface area contributed by atoms with E-state index in [0.29, 0.717) is 17.0 Å². The number of methoxy groups -OCH3 is 1. The monoisotopic (exact) mass is 278 g/mol. The standard InChI is InChI=1S/C16H26N2O2/c1-4-6-8-13(7-5-2)18-16(19)12-9-10-14(17)15(11-12)20-3/h9-11,13H,4-8,17H2,1-3H3,(H,18,19). The van der Waals surface area contributed by atoms with Crippen LogP contribution in [0.1, 0.15) is 56.3 Å². The van der Waals surface area contributed by atoms with Crippen LogP contribution in [-0.4, -0.2) is 19.1 Å². The number of carbonyl (C=O) groups is 1. The van der Waals surface area contributed by atoms with E-state index in [1.807, 2.05) is 0 Å². The minimum absolute atomic E-state index is 0.0575. The number of amides is 1. The molecular weight excluding hydrogens is 252 g/mol. The maximum atomic E-state index is 12.3. The summed E-state index contributed by atoms with van der Waals surface area (Å²) in [4.78, 5) is 12.3. The first-order chi connectivity index (χ1) is 9.62. The number of benzene rings is 1. The summed E-state index contributed by atoms with van der Waals surface area (Å²) in [5.74, 6) is 0.483. The van der Waals surface area contributed by atoms with Crippen LogP contribution in [0.15, 0.2) is 18.2 Å². The Morgan fingerprint density at radius 3 is 2.65 bits per heavy atom. The normalized spacial score (nSPS) is 11.9. The summed E-state index contributed by atoms with van der Waals surface area (Å²) in [6, 6.07) is 5.37. The number of hydrogen-bond acceptors (Lipinski definition) is 3. The zero-order valence-electron chi connectivity index (χ0n) is 12.7. The van der Waals surface area contributed by atoms with E-state index in [-0.39, 0.29) is 11.9 Å². The van der Waals surface area contributed by atoms with Crippen molar-refractivity contribution >= 4 is 11.6 Å². The molecule has 4 heteroatoms. The molecule has 1 aromatic rings. The average Bonchev–Trinajstić information content (AvgIpc) is 2.45. The molecule has 1 amide bonds. The number of hydrogen-bond donors (Lipinski definition) is 2. The minimum atomic E-state index is -0.0575. The third-order valence-corrected chi connectivity index (χ3v) is 3.37. The highest BCUT2D eigenvalue weighted by Gasteiger charge is 2.14. The Hall–Kier alpha value is -1.71. The quantitative estimate of drug-likeness (QED) is 0.717. The molecular formula is C16H26N2O2. The summed E-state index contributed by atoms with van der Waals surface area (Å²) in [5.41, 5.74) is 6.89. The lowest BCUT2D eigenvalue weighted by Crippen LogP contribution is -2.34. The number of nitrogens with two attached hydrogens (primary N) is 1. The molecule has 0 saturated heterocycles. The fourth-order valence-corrected chi connectivity index (χ4v) is 2.21. The van der Waals surface area contributed by atoms with Gasteiger partial charge in [-0.2, -0.15) is 0 Å². The summed E-state index contributed by atoms with van der Waals surface area (Å²) >= 11 is 0. The Labute approximate surface area is 121 Å². The predicted molar refractivity (Wildman–Crippen MR) is 83.1 cm³/mol. The van der Waals surface area contributed by atoms with Crippen molar-refractivity contribution in [2.45, 2.75) is 52.0 Å². The number of carbonyl (C=O) groups excluding carboxylic acids is 1. The van der Waals surface area contributed by atoms with Gasteiger partial charge in [-0.05, 0) is 31.0 Å². The van der Waals surface area contributed by atoms with Crippen molar-refractivity contribution in [1.82, 2.24) is 5.32 Å². The molecule has 1 atom stereocenters. The van der Waals surface area contributed by atoms with E-state index in [9.17, 15) is 4.79 Å². The maximum absolute atomic E-state index is 12.3. The van der Waals surface area contributed by atoms with Crippen LogP contribution < -0.4 is 15.8 Å². The second kappa shape index (κ2) is 8.46. The summed E-state index contributed by atoms with van der Waals surface area (Å²) < 4.78 is 5.15. The lowest BCUT2D eigenvalue weighted by Gasteiger charge is -2.18. The third-order valence-electron chi connectivity index (χ3n) is 3.37. The summed E-state index contributed by atoms with van der Waals surface area (Å²) in [6.07, 6.45) is 5.39. The summed E-state index contributed by atoms with van der Waals surface area (Å²) in [5, 5.41) is 3.10. The zero-order valence-corrected chi connectivity index (χ0v) is 12.7. The van der Waals surface area contributed by atoms with Crippen LogP contribution in [0.5, 0.6) is 5.75 Å². The topological polar surface area (TPSA) is 64.4 Å². The van der Waals surface area contributed by atoms with Crippen molar-refractivity contribution < 1.29 is 9.53 Å². The highest BCUT2D eigenvalue weighted by Crippen LogP contribution is 2.22. The van der Waals surface area contributed by atoms with Crippen LogP contribution in [0.4, 0.5) is 5.69 Å². The Morgan fingerprint density at radius 2 is 2.05 bits per heavy atom. The molecule has 0 bridgehead atoms. The predicted octanol–water partition coefficient (Wildman–Crippen LogP) is 3.37. The first-order valence-electron chi connectivity index (χ1n) is 7.36.